The minimum absolute atomic E-state index is 0.127. The van der Waals surface area contributed by atoms with E-state index < -0.39 is 5.82 Å². The Morgan fingerprint density at radius 2 is 1.95 bits per heavy atom. The van der Waals surface area contributed by atoms with Crippen LogP contribution in [-0.4, -0.2) is 13.0 Å². The second kappa shape index (κ2) is 6.19. The maximum Gasteiger partial charge on any atom is 0.227 e. The Labute approximate surface area is 117 Å². The number of benzene rings is 2. The van der Waals surface area contributed by atoms with Crippen LogP contribution in [0.25, 0.3) is 0 Å². The lowest BCUT2D eigenvalue weighted by Crippen LogP contribution is -2.27. The minimum Gasteiger partial charge on any atom is -0.399 e. The van der Waals surface area contributed by atoms with Gasteiger partial charge < -0.3 is 10.6 Å². The van der Waals surface area contributed by atoms with E-state index in [0.717, 1.165) is 5.56 Å². The molecule has 0 aliphatic heterocycles. The summed E-state index contributed by atoms with van der Waals surface area (Å²) in [6.07, 6.45) is 0.900. The lowest BCUT2D eigenvalue weighted by molar-refractivity contribution is -0.118. The number of hydrogen-bond acceptors (Lipinski definition) is 2. The summed E-state index contributed by atoms with van der Waals surface area (Å²) in [5.41, 5.74) is 7.67. The largest absolute Gasteiger partial charge is 0.399 e. The standard InChI is InChI=1S/C16H17FN2O/c1-19(15-8-3-2-7-14(15)17)16(20)10-9-12-5-4-6-13(18)11-12/h2-8,11H,9-10,18H2,1H3. The predicted octanol–water partition coefficient (Wildman–Crippen LogP) is 3.00. The normalized spacial score (nSPS) is 10.3. The summed E-state index contributed by atoms with van der Waals surface area (Å²) in [5.74, 6) is -0.523. The number of hydrogen-bond donors (Lipinski definition) is 1. The Bertz CT molecular complexity index is 613. The lowest BCUT2D eigenvalue weighted by Gasteiger charge is -2.18. The van der Waals surface area contributed by atoms with Crippen LogP contribution in [0.3, 0.4) is 0 Å². The zero-order valence-electron chi connectivity index (χ0n) is 11.3. The predicted molar refractivity (Wildman–Crippen MR) is 79.0 cm³/mol. The fourth-order valence-electron chi connectivity index (χ4n) is 2.03. The molecule has 1 amide bonds. The molecule has 0 saturated heterocycles. The number of anilines is 2. The average molecular weight is 272 g/mol. The van der Waals surface area contributed by atoms with Crippen LogP contribution in [0.4, 0.5) is 15.8 Å². The molecule has 0 unspecified atom stereocenters. The van der Waals surface area contributed by atoms with Crippen molar-refractivity contribution in [2.45, 2.75) is 12.8 Å². The molecule has 0 atom stereocenters. The molecule has 0 saturated carbocycles. The Morgan fingerprint density at radius 1 is 1.20 bits per heavy atom. The van der Waals surface area contributed by atoms with Crippen LogP contribution < -0.4 is 10.6 Å². The zero-order valence-corrected chi connectivity index (χ0v) is 11.3. The molecule has 2 rings (SSSR count). The number of nitrogen functional groups attached to an aromatic ring is 1. The van der Waals surface area contributed by atoms with Gasteiger partial charge in [-0.2, -0.15) is 0 Å². The molecular weight excluding hydrogens is 255 g/mol. The van der Waals surface area contributed by atoms with Gasteiger partial charge in [-0.3, -0.25) is 4.79 Å². The molecule has 4 heteroatoms. The van der Waals surface area contributed by atoms with E-state index in [0.29, 0.717) is 24.2 Å². The lowest BCUT2D eigenvalue weighted by atomic mass is 10.1. The molecule has 3 nitrogen and oxygen atoms in total. The van der Waals surface area contributed by atoms with Gasteiger partial charge in [0, 0.05) is 19.2 Å². The first-order valence-electron chi connectivity index (χ1n) is 6.43. The van der Waals surface area contributed by atoms with Gasteiger partial charge in [-0.15, -0.1) is 0 Å². The summed E-state index contributed by atoms with van der Waals surface area (Å²) in [4.78, 5) is 13.4. The van der Waals surface area contributed by atoms with E-state index in [9.17, 15) is 9.18 Å². The molecule has 0 aliphatic carbocycles. The molecule has 2 N–H and O–H groups in total. The Balaban J connectivity index is 2.00. The van der Waals surface area contributed by atoms with E-state index in [1.54, 1.807) is 31.3 Å². The fourth-order valence-corrected chi connectivity index (χ4v) is 2.03. The maximum atomic E-state index is 13.6. The molecule has 0 aromatic heterocycles. The molecule has 0 fully saturated rings. The van der Waals surface area contributed by atoms with E-state index in [-0.39, 0.29) is 5.91 Å². The SMILES string of the molecule is CN(C(=O)CCc1cccc(N)c1)c1ccccc1F. The molecule has 2 aromatic rings. The van der Waals surface area contributed by atoms with Crippen LogP contribution in [0, 0.1) is 5.82 Å². The first kappa shape index (κ1) is 14.1. The quantitative estimate of drug-likeness (QED) is 0.870. The smallest absolute Gasteiger partial charge is 0.227 e. The van der Waals surface area contributed by atoms with Crippen molar-refractivity contribution in [3.05, 3.63) is 59.9 Å². The highest BCUT2D eigenvalue weighted by atomic mass is 19.1. The summed E-state index contributed by atoms with van der Waals surface area (Å²) in [5, 5.41) is 0. The number of amides is 1. The van der Waals surface area contributed by atoms with Crippen LogP contribution in [0.1, 0.15) is 12.0 Å². The van der Waals surface area contributed by atoms with Gasteiger partial charge in [-0.05, 0) is 36.2 Å². The number of nitrogens with zero attached hydrogens (tertiary/aromatic N) is 1. The molecule has 0 spiro atoms. The minimum atomic E-state index is -0.396. The third-order valence-electron chi connectivity index (χ3n) is 3.17. The highest BCUT2D eigenvalue weighted by Crippen LogP contribution is 2.18. The van der Waals surface area contributed by atoms with Crippen LogP contribution in [0.2, 0.25) is 0 Å². The van der Waals surface area contributed by atoms with E-state index >= 15 is 0 Å². The van der Waals surface area contributed by atoms with E-state index in [4.69, 9.17) is 5.73 Å². The Hall–Kier alpha value is -2.36. The maximum absolute atomic E-state index is 13.6. The highest BCUT2D eigenvalue weighted by Gasteiger charge is 2.14. The summed E-state index contributed by atoms with van der Waals surface area (Å²) < 4.78 is 13.6. The summed E-state index contributed by atoms with van der Waals surface area (Å²) in [6.45, 7) is 0. The van der Waals surface area contributed by atoms with Gasteiger partial charge in [-0.25, -0.2) is 4.39 Å². The number of carbonyl (C=O) groups excluding carboxylic acids is 1. The Kier molecular flexibility index (Phi) is 4.35. The van der Waals surface area contributed by atoms with E-state index in [1.807, 2.05) is 18.2 Å². The number of halogens is 1. The van der Waals surface area contributed by atoms with Crippen molar-refractivity contribution in [1.29, 1.82) is 0 Å². The van der Waals surface area contributed by atoms with Crippen molar-refractivity contribution in [1.82, 2.24) is 0 Å². The van der Waals surface area contributed by atoms with E-state index in [2.05, 4.69) is 0 Å². The highest BCUT2D eigenvalue weighted by molar-refractivity contribution is 5.93. The molecule has 0 radical (unpaired) electrons. The van der Waals surface area contributed by atoms with Crippen molar-refractivity contribution in [3.8, 4) is 0 Å². The van der Waals surface area contributed by atoms with Gasteiger partial charge in [-0.1, -0.05) is 24.3 Å². The second-order valence-corrected chi connectivity index (χ2v) is 4.65. The molecule has 2 aromatic carbocycles. The summed E-state index contributed by atoms with van der Waals surface area (Å²) in [7, 11) is 1.58. The first-order valence-corrected chi connectivity index (χ1v) is 6.43. The monoisotopic (exact) mass is 272 g/mol. The van der Waals surface area contributed by atoms with Gasteiger partial charge in [0.1, 0.15) is 5.82 Å². The van der Waals surface area contributed by atoms with Crippen LogP contribution in [0.15, 0.2) is 48.5 Å². The fraction of sp³-hybridized carbons (Fsp3) is 0.188. The number of para-hydroxylation sites is 1. The molecule has 20 heavy (non-hydrogen) atoms. The second-order valence-electron chi connectivity index (χ2n) is 4.65. The first-order chi connectivity index (χ1) is 9.58. The van der Waals surface area contributed by atoms with Gasteiger partial charge >= 0.3 is 0 Å². The third-order valence-corrected chi connectivity index (χ3v) is 3.17. The van der Waals surface area contributed by atoms with E-state index in [1.165, 1.54) is 11.0 Å². The molecule has 0 aliphatic rings. The average Bonchev–Trinajstić information content (AvgIpc) is 2.44. The third kappa shape index (κ3) is 3.35. The van der Waals surface area contributed by atoms with Crippen molar-refractivity contribution in [2.24, 2.45) is 0 Å². The van der Waals surface area contributed by atoms with Crippen molar-refractivity contribution >= 4 is 17.3 Å². The number of carbonyl (C=O) groups is 1. The molecular formula is C16H17FN2O. The summed E-state index contributed by atoms with van der Waals surface area (Å²) in [6, 6.07) is 13.7. The Morgan fingerprint density at radius 3 is 2.65 bits per heavy atom. The van der Waals surface area contributed by atoms with Gasteiger partial charge in [0.05, 0.1) is 5.69 Å². The van der Waals surface area contributed by atoms with Gasteiger partial charge in [0.15, 0.2) is 0 Å². The van der Waals surface area contributed by atoms with Crippen molar-refractivity contribution in [2.75, 3.05) is 17.7 Å². The molecule has 0 heterocycles. The van der Waals surface area contributed by atoms with Crippen LogP contribution >= 0.6 is 0 Å². The summed E-state index contributed by atoms with van der Waals surface area (Å²) >= 11 is 0. The number of aryl methyl sites for hydroxylation is 1. The number of nitrogens with two attached hydrogens (primary N) is 1. The topological polar surface area (TPSA) is 46.3 Å². The molecule has 104 valence electrons. The van der Waals surface area contributed by atoms with Gasteiger partial charge in [0.2, 0.25) is 5.91 Å². The van der Waals surface area contributed by atoms with Crippen LogP contribution in [0.5, 0.6) is 0 Å². The van der Waals surface area contributed by atoms with Crippen LogP contribution in [-0.2, 0) is 11.2 Å². The number of rotatable bonds is 4. The van der Waals surface area contributed by atoms with Crippen molar-refractivity contribution < 1.29 is 9.18 Å². The zero-order chi connectivity index (χ0) is 14.5. The van der Waals surface area contributed by atoms with Gasteiger partial charge in [0.25, 0.3) is 0 Å². The molecule has 0 bridgehead atoms. The van der Waals surface area contributed by atoms with Crippen molar-refractivity contribution in [3.63, 3.8) is 0 Å².